The number of thiazole rings is 1. The van der Waals surface area contributed by atoms with Crippen LogP contribution in [0.5, 0.6) is 5.75 Å². The number of halogens is 1. The van der Waals surface area contributed by atoms with Gasteiger partial charge in [-0.3, -0.25) is 9.59 Å². The normalized spacial score (nSPS) is 10.6. The molecule has 0 aliphatic heterocycles. The molecule has 0 unspecified atom stereocenters. The molecular weight excluding hydrogens is 532 g/mol. The Morgan fingerprint density at radius 2 is 1.92 bits per heavy atom. The van der Waals surface area contributed by atoms with Gasteiger partial charge >= 0.3 is 0 Å². The van der Waals surface area contributed by atoms with Crippen LogP contribution in [0.2, 0.25) is 5.02 Å². The molecule has 0 bridgehead atoms. The standard InChI is InChI=1S/C25H23ClN6O3S2/c1-3-12-32-21(13-27-23(34)17-6-10-19(35-2)11-7-17)30-31-25(32)37-15-22(33)29-24-28-20(14-36-24)16-4-8-18(26)9-5-16/h3-11,14H,1,12-13,15H2,2H3,(H,27,34)(H,28,29,33). The number of amides is 2. The van der Waals surface area contributed by atoms with E-state index in [0.717, 1.165) is 11.3 Å². The van der Waals surface area contributed by atoms with Crippen molar-refractivity contribution >= 4 is 51.6 Å². The Kier molecular flexibility index (Phi) is 8.94. The Balaban J connectivity index is 1.33. The predicted molar refractivity (Wildman–Crippen MR) is 146 cm³/mol. The monoisotopic (exact) mass is 554 g/mol. The van der Waals surface area contributed by atoms with Gasteiger partial charge in [0, 0.05) is 28.1 Å². The van der Waals surface area contributed by atoms with E-state index in [2.05, 4.69) is 32.4 Å². The highest BCUT2D eigenvalue weighted by Gasteiger charge is 2.16. The SMILES string of the molecule is C=CCn1c(CNC(=O)c2ccc(OC)cc2)nnc1SCC(=O)Nc1nc(-c2ccc(Cl)cc2)cs1. The second-order valence-corrected chi connectivity index (χ2v) is 9.83. The number of aromatic nitrogens is 4. The van der Waals surface area contributed by atoms with Crippen LogP contribution < -0.4 is 15.4 Å². The number of hydrogen-bond acceptors (Lipinski definition) is 8. The summed E-state index contributed by atoms with van der Waals surface area (Å²) < 4.78 is 6.93. The second kappa shape index (κ2) is 12.5. The first-order valence-electron chi connectivity index (χ1n) is 11.1. The van der Waals surface area contributed by atoms with Crippen molar-refractivity contribution in [3.63, 3.8) is 0 Å². The summed E-state index contributed by atoms with van der Waals surface area (Å²) in [5.41, 5.74) is 2.18. The first kappa shape index (κ1) is 26.4. The third-order valence-electron chi connectivity index (χ3n) is 5.09. The van der Waals surface area contributed by atoms with Crippen LogP contribution in [0.1, 0.15) is 16.2 Å². The van der Waals surface area contributed by atoms with Crippen LogP contribution in [0.4, 0.5) is 5.13 Å². The molecule has 0 radical (unpaired) electrons. The van der Waals surface area contributed by atoms with E-state index < -0.39 is 0 Å². The summed E-state index contributed by atoms with van der Waals surface area (Å²) in [6.45, 7) is 4.39. The highest BCUT2D eigenvalue weighted by atomic mass is 35.5. The number of hydrogen-bond donors (Lipinski definition) is 2. The molecule has 0 saturated carbocycles. The minimum Gasteiger partial charge on any atom is -0.497 e. The van der Waals surface area contributed by atoms with E-state index in [1.807, 2.05) is 17.5 Å². The Labute approximate surface area is 226 Å². The van der Waals surface area contributed by atoms with Crippen molar-refractivity contribution in [2.75, 3.05) is 18.2 Å². The number of nitrogens with one attached hydrogen (secondary N) is 2. The van der Waals surface area contributed by atoms with E-state index in [4.69, 9.17) is 16.3 Å². The van der Waals surface area contributed by atoms with E-state index in [-0.39, 0.29) is 24.1 Å². The lowest BCUT2D eigenvalue weighted by atomic mass is 10.2. The summed E-state index contributed by atoms with van der Waals surface area (Å²) in [5, 5.41) is 17.6. The number of allylic oxidation sites excluding steroid dienone is 1. The lowest BCUT2D eigenvalue weighted by Gasteiger charge is -2.09. The quantitative estimate of drug-likeness (QED) is 0.200. The number of carbonyl (C=O) groups is 2. The van der Waals surface area contributed by atoms with E-state index in [1.165, 1.54) is 23.1 Å². The predicted octanol–water partition coefficient (Wildman–Crippen LogP) is 4.91. The van der Waals surface area contributed by atoms with E-state index >= 15 is 0 Å². The topological polar surface area (TPSA) is 111 Å². The van der Waals surface area contributed by atoms with Gasteiger partial charge in [-0.2, -0.15) is 0 Å². The summed E-state index contributed by atoms with van der Waals surface area (Å²) in [6.07, 6.45) is 1.70. The maximum absolute atomic E-state index is 12.5. The van der Waals surface area contributed by atoms with Gasteiger partial charge in [0.2, 0.25) is 5.91 Å². The average molecular weight is 555 g/mol. The molecule has 0 aliphatic rings. The maximum atomic E-state index is 12.5. The summed E-state index contributed by atoms with van der Waals surface area (Å²) in [5.74, 6) is 0.876. The molecule has 4 rings (SSSR count). The zero-order chi connectivity index (χ0) is 26.2. The van der Waals surface area contributed by atoms with E-state index in [9.17, 15) is 9.59 Å². The fraction of sp³-hybridized carbons (Fsp3) is 0.160. The van der Waals surface area contributed by atoms with Gasteiger partial charge in [0.25, 0.3) is 5.91 Å². The molecule has 0 atom stereocenters. The molecule has 0 saturated heterocycles. The number of ether oxygens (including phenoxy) is 1. The molecule has 12 heteroatoms. The van der Waals surface area contributed by atoms with Gasteiger partial charge in [-0.15, -0.1) is 28.1 Å². The molecular formula is C25H23ClN6O3S2. The first-order chi connectivity index (χ1) is 18.0. The minimum atomic E-state index is -0.245. The molecule has 0 spiro atoms. The average Bonchev–Trinajstić information content (AvgIpc) is 3.53. The smallest absolute Gasteiger partial charge is 0.251 e. The Morgan fingerprint density at radius 3 is 2.62 bits per heavy atom. The Morgan fingerprint density at radius 1 is 1.16 bits per heavy atom. The van der Waals surface area contributed by atoms with Crippen LogP contribution in [0, 0.1) is 0 Å². The number of methoxy groups -OCH3 is 1. The van der Waals surface area contributed by atoms with Gasteiger partial charge < -0.3 is 19.9 Å². The molecule has 2 aromatic heterocycles. The molecule has 2 heterocycles. The molecule has 0 fully saturated rings. The third kappa shape index (κ3) is 6.97. The fourth-order valence-electron chi connectivity index (χ4n) is 3.24. The maximum Gasteiger partial charge on any atom is 0.251 e. The van der Waals surface area contributed by atoms with Crippen LogP contribution in [0.25, 0.3) is 11.3 Å². The zero-order valence-corrected chi connectivity index (χ0v) is 22.2. The van der Waals surface area contributed by atoms with Crippen LogP contribution in [0.15, 0.2) is 71.7 Å². The number of rotatable bonds is 11. The lowest BCUT2D eigenvalue weighted by molar-refractivity contribution is -0.113. The highest BCUT2D eigenvalue weighted by molar-refractivity contribution is 7.99. The Hall–Kier alpha value is -3.67. The van der Waals surface area contributed by atoms with Gasteiger partial charge in [0.05, 0.1) is 25.1 Å². The molecule has 0 aliphatic carbocycles. The van der Waals surface area contributed by atoms with Gasteiger partial charge in [-0.05, 0) is 36.4 Å². The number of thioether (sulfide) groups is 1. The molecule has 4 aromatic rings. The molecule has 2 N–H and O–H groups in total. The number of carbonyl (C=O) groups excluding carboxylic acids is 2. The minimum absolute atomic E-state index is 0.114. The summed E-state index contributed by atoms with van der Waals surface area (Å²) in [6, 6.07) is 14.2. The van der Waals surface area contributed by atoms with Crippen molar-refractivity contribution in [1.29, 1.82) is 0 Å². The van der Waals surface area contributed by atoms with Crippen LogP contribution in [-0.2, 0) is 17.9 Å². The molecule has 37 heavy (non-hydrogen) atoms. The summed E-state index contributed by atoms with van der Waals surface area (Å²) in [4.78, 5) is 29.5. The van der Waals surface area contributed by atoms with Crippen molar-refractivity contribution in [2.24, 2.45) is 0 Å². The largest absolute Gasteiger partial charge is 0.497 e. The highest BCUT2D eigenvalue weighted by Crippen LogP contribution is 2.26. The first-order valence-corrected chi connectivity index (χ1v) is 13.3. The van der Waals surface area contributed by atoms with Crippen molar-refractivity contribution in [3.05, 3.63) is 83.0 Å². The van der Waals surface area contributed by atoms with Crippen molar-refractivity contribution in [2.45, 2.75) is 18.2 Å². The second-order valence-electron chi connectivity index (χ2n) is 7.59. The van der Waals surface area contributed by atoms with Crippen molar-refractivity contribution in [1.82, 2.24) is 25.1 Å². The van der Waals surface area contributed by atoms with Gasteiger partial charge in [0.1, 0.15) is 5.75 Å². The lowest BCUT2D eigenvalue weighted by Crippen LogP contribution is -2.24. The molecule has 2 aromatic carbocycles. The Bertz CT molecular complexity index is 1390. The molecule has 190 valence electrons. The number of nitrogens with zero attached hydrogens (tertiary/aromatic N) is 4. The fourth-order valence-corrected chi connectivity index (χ4v) is 4.87. The number of anilines is 1. The van der Waals surface area contributed by atoms with Gasteiger partial charge in [-0.1, -0.05) is 41.6 Å². The summed E-state index contributed by atoms with van der Waals surface area (Å²) >= 11 is 8.53. The van der Waals surface area contributed by atoms with Crippen LogP contribution >= 0.6 is 34.7 Å². The van der Waals surface area contributed by atoms with Crippen molar-refractivity contribution in [3.8, 4) is 17.0 Å². The van der Waals surface area contributed by atoms with Gasteiger partial charge in [-0.25, -0.2) is 4.98 Å². The van der Waals surface area contributed by atoms with Crippen molar-refractivity contribution < 1.29 is 14.3 Å². The van der Waals surface area contributed by atoms with Gasteiger partial charge in [0.15, 0.2) is 16.1 Å². The van der Waals surface area contributed by atoms with Crippen LogP contribution in [0.3, 0.4) is 0 Å². The van der Waals surface area contributed by atoms with E-state index in [0.29, 0.717) is 39.0 Å². The molecule has 2 amide bonds. The van der Waals surface area contributed by atoms with Crippen LogP contribution in [-0.4, -0.2) is 44.4 Å². The third-order valence-corrected chi connectivity index (χ3v) is 7.06. The number of benzene rings is 2. The summed E-state index contributed by atoms with van der Waals surface area (Å²) in [7, 11) is 1.57. The molecule has 9 nitrogen and oxygen atoms in total. The van der Waals surface area contributed by atoms with E-state index in [1.54, 1.807) is 54.2 Å². The zero-order valence-electron chi connectivity index (χ0n) is 19.8.